The number of rotatable bonds is 4. The van der Waals surface area contributed by atoms with Crippen molar-refractivity contribution in [3.05, 3.63) is 35.4 Å². The van der Waals surface area contributed by atoms with Gasteiger partial charge in [-0.3, -0.25) is 4.79 Å². The Morgan fingerprint density at radius 2 is 2.14 bits per heavy atom. The van der Waals surface area contributed by atoms with Gasteiger partial charge in [-0.2, -0.15) is 0 Å². The molecule has 2 nitrogen and oxygen atoms in total. The van der Waals surface area contributed by atoms with Crippen LogP contribution in [0.2, 0.25) is 0 Å². The van der Waals surface area contributed by atoms with Crippen molar-refractivity contribution in [2.24, 2.45) is 11.7 Å². The third-order valence-electron chi connectivity index (χ3n) is 2.08. The molecule has 76 valence electrons. The summed E-state index contributed by atoms with van der Waals surface area (Å²) in [6.45, 7) is 4.58. The van der Waals surface area contributed by atoms with Crippen molar-refractivity contribution in [3.63, 3.8) is 0 Å². The Bertz CT molecular complexity index is 318. The molecule has 0 spiro atoms. The lowest BCUT2D eigenvalue weighted by Crippen LogP contribution is -2.05. The molecule has 0 bridgehead atoms. The molecule has 1 rings (SSSR count). The van der Waals surface area contributed by atoms with Crippen LogP contribution in [0, 0.1) is 5.92 Å². The molecule has 1 aromatic carbocycles. The maximum Gasteiger partial charge on any atom is 0.163 e. The largest absolute Gasteiger partial charge is 0.326 e. The predicted molar refractivity (Wildman–Crippen MR) is 58.1 cm³/mol. The molecule has 2 heteroatoms. The molecule has 0 aromatic heterocycles. The van der Waals surface area contributed by atoms with Crippen LogP contribution in [0.1, 0.15) is 36.2 Å². The number of nitrogens with two attached hydrogens (primary N) is 1. The standard InChI is InChI=1S/C12H17NO/c1-9(2)6-12(14)11-5-3-4-10(7-11)8-13/h3-5,7,9H,6,8,13H2,1-2H3. The zero-order valence-electron chi connectivity index (χ0n) is 8.79. The quantitative estimate of drug-likeness (QED) is 0.742. The van der Waals surface area contributed by atoms with Crippen molar-refractivity contribution in [2.75, 3.05) is 0 Å². The van der Waals surface area contributed by atoms with Gasteiger partial charge in [0.2, 0.25) is 0 Å². The van der Waals surface area contributed by atoms with E-state index in [-0.39, 0.29) is 5.78 Å². The van der Waals surface area contributed by atoms with Gasteiger partial charge in [-0.1, -0.05) is 32.0 Å². The second kappa shape index (κ2) is 4.91. The number of Topliss-reactive ketones (excluding diaryl/α,β-unsaturated/α-hetero) is 1. The monoisotopic (exact) mass is 191 g/mol. The van der Waals surface area contributed by atoms with E-state index in [1.54, 1.807) is 0 Å². The van der Waals surface area contributed by atoms with Crippen LogP contribution in [0.15, 0.2) is 24.3 Å². The second-order valence-corrected chi connectivity index (χ2v) is 3.93. The van der Waals surface area contributed by atoms with Gasteiger partial charge < -0.3 is 5.73 Å². The molecule has 0 atom stereocenters. The van der Waals surface area contributed by atoms with Gasteiger partial charge in [0, 0.05) is 18.5 Å². The van der Waals surface area contributed by atoms with Crippen LogP contribution in [0.3, 0.4) is 0 Å². The van der Waals surface area contributed by atoms with E-state index in [4.69, 9.17) is 5.73 Å². The van der Waals surface area contributed by atoms with E-state index in [1.807, 2.05) is 38.1 Å². The van der Waals surface area contributed by atoms with Gasteiger partial charge in [0.05, 0.1) is 0 Å². The normalized spacial score (nSPS) is 10.6. The number of benzene rings is 1. The lowest BCUT2D eigenvalue weighted by molar-refractivity contribution is 0.0968. The SMILES string of the molecule is CC(C)CC(=O)c1cccc(CN)c1. The summed E-state index contributed by atoms with van der Waals surface area (Å²) in [6, 6.07) is 7.55. The fraction of sp³-hybridized carbons (Fsp3) is 0.417. The van der Waals surface area contributed by atoms with Gasteiger partial charge in [-0.25, -0.2) is 0 Å². The van der Waals surface area contributed by atoms with Crippen LogP contribution in [-0.4, -0.2) is 5.78 Å². The third kappa shape index (κ3) is 2.96. The zero-order valence-corrected chi connectivity index (χ0v) is 8.79. The van der Waals surface area contributed by atoms with Gasteiger partial charge in [-0.05, 0) is 17.5 Å². The van der Waals surface area contributed by atoms with E-state index in [0.717, 1.165) is 11.1 Å². The van der Waals surface area contributed by atoms with Crippen molar-refractivity contribution in [3.8, 4) is 0 Å². The Labute approximate surface area is 85.1 Å². The fourth-order valence-corrected chi connectivity index (χ4v) is 1.36. The molecular formula is C12H17NO. The van der Waals surface area contributed by atoms with Crippen LogP contribution in [0.25, 0.3) is 0 Å². The van der Waals surface area contributed by atoms with E-state index in [0.29, 0.717) is 18.9 Å². The maximum absolute atomic E-state index is 11.7. The van der Waals surface area contributed by atoms with Crippen LogP contribution in [-0.2, 0) is 6.54 Å². The van der Waals surface area contributed by atoms with Crippen LogP contribution in [0.5, 0.6) is 0 Å². The van der Waals surface area contributed by atoms with Gasteiger partial charge >= 0.3 is 0 Å². The molecule has 0 heterocycles. The molecule has 0 aliphatic heterocycles. The molecule has 0 aliphatic carbocycles. The Hall–Kier alpha value is -1.15. The third-order valence-corrected chi connectivity index (χ3v) is 2.08. The molecule has 0 radical (unpaired) electrons. The molecule has 0 saturated heterocycles. The van der Waals surface area contributed by atoms with Crippen LogP contribution < -0.4 is 5.73 Å². The number of ketones is 1. The first-order valence-corrected chi connectivity index (χ1v) is 4.95. The number of hydrogen-bond donors (Lipinski definition) is 1. The van der Waals surface area contributed by atoms with E-state index in [1.165, 1.54) is 0 Å². The highest BCUT2D eigenvalue weighted by molar-refractivity contribution is 5.96. The predicted octanol–water partition coefficient (Wildman–Crippen LogP) is 2.37. The first kappa shape index (κ1) is 10.9. The summed E-state index contributed by atoms with van der Waals surface area (Å²) in [5, 5.41) is 0. The van der Waals surface area contributed by atoms with Crippen molar-refractivity contribution in [1.29, 1.82) is 0 Å². The molecule has 0 aliphatic rings. The highest BCUT2D eigenvalue weighted by Gasteiger charge is 2.07. The average molecular weight is 191 g/mol. The molecule has 1 aromatic rings. The van der Waals surface area contributed by atoms with Crippen molar-refractivity contribution < 1.29 is 4.79 Å². The Kier molecular flexibility index (Phi) is 3.84. The number of carbonyl (C=O) groups is 1. The van der Waals surface area contributed by atoms with Crippen molar-refractivity contribution in [1.82, 2.24) is 0 Å². The summed E-state index contributed by atoms with van der Waals surface area (Å²) < 4.78 is 0. The van der Waals surface area contributed by atoms with Crippen molar-refractivity contribution in [2.45, 2.75) is 26.8 Å². The summed E-state index contributed by atoms with van der Waals surface area (Å²) in [4.78, 5) is 11.7. The number of hydrogen-bond acceptors (Lipinski definition) is 2. The summed E-state index contributed by atoms with van der Waals surface area (Å²) in [5.74, 6) is 0.610. The summed E-state index contributed by atoms with van der Waals surface area (Å²) in [6.07, 6.45) is 0.605. The highest BCUT2D eigenvalue weighted by atomic mass is 16.1. The van der Waals surface area contributed by atoms with E-state index >= 15 is 0 Å². The van der Waals surface area contributed by atoms with Gasteiger partial charge in [0.25, 0.3) is 0 Å². The molecule has 0 amide bonds. The van der Waals surface area contributed by atoms with E-state index in [2.05, 4.69) is 0 Å². The number of carbonyl (C=O) groups excluding carboxylic acids is 1. The Morgan fingerprint density at radius 3 is 2.71 bits per heavy atom. The lowest BCUT2D eigenvalue weighted by Gasteiger charge is -2.05. The van der Waals surface area contributed by atoms with Crippen molar-refractivity contribution >= 4 is 5.78 Å². The minimum absolute atomic E-state index is 0.204. The van der Waals surface area contributed by atoms with E-state index < -0.39 is 0 Å². The molecule has 2 N–H and O–H groups in total. The smallest absolute Gasteiger partial charge is 0.163 e. The first-order chi connectivity index (χ1) is 6.63. The summed E-state index contributed by atoms with van der Waals surface area (Å²) in [5.41, 5.74) is 7.30. The van der Waals surface area contributed by atoms with Crippen LogP contribution >= 0.6 is 0 Å². The summed E-state index contributed by atoms with van der Waals surface area (Å²) >= 11 is 0. The summed E-state index contributed by atoms with van der Waals surface area (Å²) in [7, 11) is 0. The second-order valence-electron chi connectivity index (χ2n) is 3.93. The fourth-order valence-electron chi connectivity index (χ4n) is 1.36. The van der Waals surface area contributed by atoms with Gasteiger partial charge in [0.15, 0.2) is 5.78 Å². The molecule has 0 saturated carbocycles. The molecule has 0 unspecified atom stereocenters. The Morgan fingerprint density at radius 1 is 1.43 bits per heavy atom. The van der Waals surface area contributed by atoms with Gasteiger partial charge in [0.1, 0.15) is 0 Å². The molecular weight excluding hydrogens is 174 g/mol. The topological polar surface area (TPSA) is 43.1 Å². The zero-order chi connectivity index (χ0) is 10.6. The average Bonchev–Trinajstić information content (AvgIpc) is 2.17. The highest BCUT2D eigenvalue weighted by Crippen LogP contribution is 2.11. The maximum atomic E-state index is 11.7. The minimum Gasteiger partial charge on any atom is -0.326 e. The Balaban J connectivity index is 2.79. The van der Waals surface area contributed by atoms with E-state index in [9.17, 15) is 4.79 Å². The minimum atomic E-state index is 0.204. The molecule has 0 fully saturated rings. The van der Waals surface area contributed by atoms with Crippen LogP contribution in [0.4, 0.5) is 0 Å². The molecule has 14 heavy (non-hydrogen) atoms. The lowest BCUT2D eigenvalue weighted by atomic mass is 10.00. The van der Waals surface area contributed by atoms with Gasteiger partial charge in [-0.15, -0.1) is 0 Å². The first-order valence-electron chi connectivity index (χ1n) is 4.95.